The van der Waals surface area contributed by atoms with Crippen LogP contribution in [-0.2, 0) is 32.0 Å². The number of nitro benzene ring substituents is 1. The van der Waals surface area contributed by atoms with Crippen LogP contribution in [0.2, 0.25) is 0 Å². The fourth-order valence-corrected chi connectivity index (χ4v) is 3.17. The molecule has 10 nitrogen and oxygen atoms in total. The Kier molecular flexibility index (Phi) is 8.70. The van der Waals surface area contributed by atoms with E-state index >= 15 is 0 Å². The minimum Gasteiger partial charge on any atom is -0.496 e. The van der Waals surface area contributed by atoms with Crippen LogP contribution in [0.5, 0.6) is 5.75 Å². The van der Waals surface area contributed by atoms with Crippen molar-refractivity contribution in [2.45, 2.75) is 31.8 Å². The van der Waals surface area contributed by atoms with E-state index in [0.717, 1.165) is 5.56 Å². The highest BCUT2D eigenvalue weighted by Gasteiger charge is 2.28. The lowest BCUT2D eigenvalue weighted by molar-refractivity contribution is -0.384. The Morgan fingerprint density at radius 3 is 2.25 bits per heavy atom. The maximum Gasteiger partial charge on any atom is 0.328 e. The van der Waals surface area contributed by atoms with E-state index in [4.69, 9.17) is 9.47 Å². The number of amides is 2. The summed E-state index contributed by atoms with van der Waals surface area (Å²) in [6.07, 6.45) is 0.0989. The fourth-order valence-electron chi connectivity index (χ4n) is 3.17. The van der Waals surface area contributed by atoms with Crippen molar-refractivity contribution in [3.8, 4) is 5.75 Å². The van der Waals surface area contributed by atoms with Gasteiger partial charge in [0.05, 0.1) is 19.1 Å². The Balaban J connectivity index is 2.27. The van der Waals surface area contributed by atoms with Gasteiger partial charge in [-0.2, -0.15) is 0 Å². The predicted octanol–water partition coefficient (Wildman–Crippen LogP) is 1.55. The molecule has 10 heteroatoms. The third-order valence-corrected chi connectivity index (χ3v) is 4.68. The predicted molar refractivity (Wildman–Crippen MR) is 115 cm³/mol. The first-order valence-corrected chi connectivity index (χ1v) is 9.75. The Bertz CT molecular complexity index is 979. The number of esters is 1. The molecule has 2 aromatic carbocycles. The van der Waals surface area contributed by atoms with E-state index in [1.165, 1.54) is 39.3 Å². The van der Waals surface area contributed by atoms with Crippen LogP contribution < -0.4 is 15.4 Å². The lowest BCUT2D eigenvalue weighted by Gasteiger charge is -2.22. The monoisotopic (exact) mass is 443 g/mol. The zero-order chi connectivity index (χ0) is 23.7. The van der Waals surface area contributed by atoms with Gasteiger partial charge in [-0.25, -0.2) is 4.79 Å². The maximum atomic E-state index is 13.0. The quantitative estimate of drug-likeness (QED) is 0.323. The van der Waals surface area contributed by atoms with E-state index < -0.39 is 34.8 Å². The summed E-state index contributed by atoms with van der Waals surface area (Å²) in [6.45, 7) is 1.29. The molecule has 0 spiro atoms. The van der Waals surface area contributed by atoms with Crippen LogP contribution in [0, 0.1) is 10.1 Å². The van der Waals surface area contributed by atoms with Crippen molar-refractivity contribution < 1.29 is 28.8 Å². The first kappa shape index (κ1) is 24.3. The molecule has 2 atom stereocenters. The summed E-state index contributed by atoms with van der Waals surface area (Å²) in [6, 6.07) is 11.0. The average Bonchev–Trinajstić information content (AvgIpc) is 2.77. The summed E-state index contributed by atoms with van der Waals surface area (Å²) in [5.41, 5.74) is 0.976. The van der Waals surface area contributed by atoms with Gasteiger partial charge in [0, 0.05) is 37.5 Å². The highest BCUT2D eigenvalue weighted by atomic mass is 16.6. The van der Waals surface area contributed by atoms with E-state index in [1.807, 2.05) is 30.3 Å². The highest BCUT2D eigenvalue weighted by Crippen LogP contribution is 2.25. The molecule has 0 heterocycles. The summed E-state index contributed by atoms with van der Waals surface area (Å²) in [5.74, 6) is -1.42. The molecule has 0 aromatic heterocycles. The molecule has 2 rings (SSSR count). The largest absolute Gasteiger partial charge is 0.496 e. The number of rotatable bonds is 10. The van der Waals surface area contributed by atoms with Gasteiger partial charge in [-0.3, -0.25) is 19.7 Å². The molecular formula is C22H25N3O7. The van der Waals surface area contributed by atoms with Crippen molar-refractivity contribution in [3.63, 3.8) is 0 Å². The van der Waals surface area contributed by atoms with Crippen molar-refractivity contribution in [2.24, 2.45) is 0 Å². The summed E-state index contributed by atoms with van der Waals surface area (Å²) >= 11 is 0. The number of carbonyl (C=O) groups is 3. The standard InChI is InChI=1S/C22H25N3O7/c1-14(26)23-18(11-15-7-5-4-6-8-15)21(27)24-19(22(28)32-3)13-16-12-17(25(29)30)9-10-20(16)31-2/h4-10,12,18-19H,11,13H2,1-3H3,(H,23,26)(H,24,27)/t18-,19-/m0/s1. The Labute approximate surface area is 185 Å². The van der Waals surface area contributed by atoms with Crippen molar-refractivity contribution in [1.29, 1.82) is 0 Å². The van der Waals surface area contributed by atoms with Crippen LogP contribution >= 0.6 is 0 Å². The molecule has 0 unspecified atom stereocenters. The maximum absolute atomic E-state index is 13.0. The number of benzene rings is 2. The minimum absolute atomic E-state index is 0.110. The van der Waals surface area contributed by atoms with Crippen molar-refractivity contribution in [3.05, 3.63) is 69.8 Å². The number of hydrogen-bond donors (Lipinski definition) is 2. The Hall–Kier alpha value is -3.95. The van der Waals surface area contributed by atoms with Crippen LogP contribution in [0.25, 0.3) is 0 Å². The molecule has 0 aliphatic rings. The number of methoxy groups -OCH3 is 2. The van der Waals surface area contributed by atoms with Crippen LogP contribution in [0.4, 0.5) is 5.69 Å². The molecule has 170 valence electrons. The second-order valence-corrected chi connectivity index (χ2v) is 6.98. The molecule has 0 saturated heterocycles. The van der Waals surface area contributed by atoms with E-state index in [1.54, 1.807) is 0 Å². The van der Waals surface area contributed by atoms with Crippen molar-refractivity contribution >= 4 is 23.5 Å². The molecule has 0 bridgehead atoms. The molecule has 32 heavy (non-hydrogen) atoms. The first-order chi connectivity index (χ1) is 15.2. The lowest BCUT2D eigenvalue weighted by atomic mass is 10.0. The van der Waals surface area contributed by atoms with Gasteiger partial charge >= 0.3 is 5.97 Å². The fraction of sp³-hybridized carbons (Fsp3) is 0.318. The zero-order valence-electron chi connectivity index (χ0n) is 18.0. The first-order valence-electron chi connectivity index (χ1n) is 9.75. The summed E-state index contributed by atoms with van der Waals surface area (Å²) in [5, 5.41) is 16.3. The number of ether oxygens (including phenoxy) is 2. The lowest BCUT2D eigenvalue weighted by Crippen LogP contribution is -2.53. The van der Waals surface area contributed by atoms with Crippen LogP contribution in [0.15, 0.2) is 48.5 Å². The van der Waals surface area contributed by atoms with E-state index in [0.29, 0.717) is 11.3 Å². The van der Waals surface area contributed by atoms with Gasteiger partial charge in [0.25, 0.3) is 5.69 Å². The van der Waals surface area contributed by atoms with Gasteiger partial charge in [-0.05, 0) is 11.6 Å². The molecule has 0 aliphatic heterocycles. The van der Waals surface area contributed by atoms with Gasteiger partial charge in [-0.15, -0.1) is 0 Å². The van der Waals surface area contributed by atoms with E-state index in [9.17, 15) is 24.5 Å². The van der Waals surface area contributed by atoms with Gasteiger partial charge in [-0.1, -0.05) is 30.3 Å². The number of non-ortho nitro benzene ring substituents is 1. The molecule has 0 saturated carbocycles. The third-order valence-electron chi connectivity index (χ3n) is 4.68. The molecule has 2 N–H and O–H groups in total. The summed E-state index contributed by atoms with van der Waals surface area (Å²) in [7, 11) is 2.56. The second kappa shape index (κ2) is 11.4. The van der Waals surface area contributed by atoms with Gasteiger partial charge < -0.3 is 20.1 Å². The molecule has 0 radical (unpaired) electrons. The van der Waals surface area contributed by atoms with Crippen molar-refractivity contribution in [1.82, 2.24) is 10.6 Å². The highest BCUT2D eigenvalue weighted by molar-refractivity contribution is 5.90. The smallest absolute Gasteiger partial charge is 0.328 e. The van der Waals surface area contributed by atoms with Crippen molar-refractivity contribution in [2.75, 3.05) is 14.2 Å². The van der Waals surface area contributed by atoms with E-state index in [-0.39, 0.29) is 18.5 Å². The summed E-state index contributed by atoms with van der Waals surface area (Å²) in [4.78, 5) is 47.5. The van der Waals surface area contributed by atoms with Crippen LogP contribution in [0.3, 0.4) is 0 Å². The van der Waals surface area contributed by atoms with Crippen LogP contribution in [0.1, 0.15) is 18.1 Å². The SMILES string of the molecule is COC(=O)[C@H](Cc1cc([N+](=O)[O-])ccc1OC)NC(=O)[C@H](Cc1ccccc1)NC(C)=O. The number of nitro groups is 1. The number of carbonyl (C=O) groups excluding carboxylic acids is 3. The topological polar surface area (TPSA) is 137 Å². The average molecular weight is 443 g/mol. The molecule has 0 fully saturated rings. The third kappa shape index (κ3) is 6.79. The number of nitrogens with one attached hydrogen (secondary N) is 2. The van der Waals surface area contributed by atoms with Gasteiger partial charge in [0.2, 0.25) is 11.8 Å². The molecule has 2 aromatic rings. The normalized spacial score (nSPS) is 12.2. The summed E-state index contributed by atoms with van der Waals surface area (Å²) < 4.78 is 10.0. The molecular weight excluding hydrogens is 418 g/mol. The number of nitrogens with zero attached hydrogens (tertiary/aromatic N) is 1. The molecule has 2 amide bonds. The van der Waals surface area contributed by atoms with E-state index in [2.05, 4.69) is 10.6 Å². The van der Waals surface area contributed by atoms with Gasteiger partial charge in [0.1, 0.15) is 17.8 Å². The van der Waals surface area contributed by atoms with Crippen LogP contribution in [-0.4, -0.2) is 49.0 Å². The minimum atomic E-state index is -1.16. The molecule has 0 aliphatic carbocycles. The Morgan fingerprint density at radius 2 is 1.69 bits per heavy atom. The Morgan fingerprint density at radius 1 is 1.00 bits per heavy atom. The number of hydrogen-bond acceptors (Lipinski definition) is 7. The zero-order valence-corrected chi connectivity index (χ0v) is 18.0. The van der Waals surface area contributed by atoms with Gasteiger partial charge in [0.15, 0.2) is 0 Å². The second-order valence-electron chi connectivity index (χ2n) is 6.98.